The van der Waals surface area contributed by atoms with Gasteiger partial charge in [-0.3, -0.25) is 0 Å². The lowest BCUT2D eigenvalue weighted by Crippen LogP contribution is -2.14. The lowest BCUT2D eigenvalue weighted by molar-refractivity contribution is 0.197. The van der Waals surface area contributed by atoms with Gasteiger partial charge in [-0.15, -0.1) is 11.3 Å². The summed E-state index contributed by atoms with van der Waals surface area (Å²) >= 11 is 1.82. The minimum Gasteiger partial charge on any atom is -0.385 e. The number of nitrogens with one attached hydrogen (secondary N) is 1. The molecule has 2 aromatic heterocycles. The summed E-state index contributed by atoms with van der Waals surface area (Å²) in [6, 6.07) is 4.72. The molecule has 1 atom stereocenters. The summed E-state index contributed by atoms with van der Waals surface area (Å²) in [5.74, 6) is 0.968. The van der Waals surface area contributed by atoms with E-state index < -0.39 is 0 Å². The summed E-state index contributed by atoms with van der Waals surface area (Å²) in [5.41, 5.74) is 1.06. The molecule has 0 aliphatic carbocycles. The number of aromatic nitrogens is 2. The van der Waals surface area contributed by atoms with Crippen LogP contribution in [0.25, 0.3) is 0 Å². The van der Waals surface area contributed by atoms with Gasteiger partial charge in [0.05, 0.1) is 11.7 Å². The van der Waals surface area contributed by atoms with Crippen LogP contribution >= 0.6 is 11.3 Å². The predicted molar refractivity (Wildman–Crippen MR) is 89.3 cm³/mol. The highest BCUT2D eigenvalue weighted by Gasteiger charge is 2.18. The van der Waals surface area contributed by atoms with Gasteiger partial charge in [-0.05, 0) is 31.2 Å². The molecule has 0 aliphatic rings. The molecule has 1 unspecified atom stereocenters. The molecule has 0 aliphatic heterocycles. The molecule has 2 heterocycles. The summed E-state index contributed by atoms with van der Waals surface area (Å²) in [7, 11) is 1.74. The van der Waals surface area contributed by atoms with E-state index in [-0.39, 0.29) is 0 Å². The maximum Gasteiger partial charge on any atom is 0.203 e. The van der Waals surface area contributed by atoms with Crippen molar-refractivity contribution in [3.63, 3.8) is 0 Å². The van der Waals surface area contributed by atoms with Gasteiger partial charge in [0.25, 0.3) is 0 Å². The number of thiophene rings is 1. The number of hydrogen-bond donors (Lipinski definition) is 1. The summed E-state index contributed by atoms with van der Waals surface area (Å²) in [6.45, 7) is 5.94. The van der Waals surface area contributed by atoms with Crippen molar-refractivity contribution in [2.24, 2.45) is 0 Å². The summed E-state index contributed by atoms with van der Waals surface area (Å²) < 4.78 is 7.38. The van der Waals surface area contributed by atoms with E-state index in [4.69, 9.17) is 4.74 Å². The van der Waals surface area contributed by atoms with Gasteiger partial charge >= 0.3 is 0 Å². The SMILES string of the molecule is CCCC(c1cccs1)n1cc(C)nc1NCCCOC. The fourth-order valence-corrected chi connectivity index (χ4v) is 3.33. The van der Waals surface area contributed by atoms with Crippen LogP contribution in [-0.4, -0.2) is 29.8 Å². The van der Waals surface area contributed by atoms with Crippen LogP contribution in [0.3, 0.4) is 0 Å². The van der Waals surface area contributed by atoms with Crippen LogP contribution in [0, 0.1) is 6.92 Å². The first-order valence-electron chi connectivity index (χ1n) is 7.58. The molecule has 0 spiro atoms. The summed E-state index contributed by atoms with van der Waals surface area (Å²) in [5, 5.41) is 5.59. The topological polar surface area (TPSA) is 39.1 Å². The van der Waals surface area contributed by atoms with E-state index >= 15 is 0 Å². The van der Waals surface area contributed by atoms with Crippen molar-refractivity contribution in [1.29, 1.82) is 0 Å². The Kier molecular flexibility index (Phi) is 6.26. The Labute approximate surface area is 131 Å². The van der Waals surface area contributed by atoms with Crippen LogP contribution in [0.1, 0.15) is 42.8 Å². The minimum atomic E-state index is 0.376. The Balaban J connectivity index is 2.16. The number of anilines is 1. The van der Waals surface area contributed by atoms with Crippen molar-refractivity contribution in [3.05, 3.63) is 34.3 Å². The third-order valence-corrected chi connectivity index (χ3v) is 4.40. The standard InChI is InChI=1S/C16H25N3OS/c1-4-7-14(15-8-5-11-21-15)19-12-13(2)18-16(19)17-9-6-10-20-3/h5,8,11-12,14H,4,6-7,9-10H2,1-3H3,(H,17,18). The van der Waals surface area contributed by atoms with Crippen molar-refractivity contribution >= 4 is 17.3 Å². The Morgan fingerprint density at radius 2 is 2.33 bits per heavy atom. The molecule has 0 saturated heterocycles. The van der Waals surface area contributed by atoms with Crippen molar-refractivity contribution in [3.8, 4) is 0 Å². The minimum absolute atomic E-state index is 0.376. The Hall–Kier alpha value is -1.33. The number of nitrogens with zero attached hydrogens (tertiary/aromatic N) is 2. The summed E-state index contributed by atoms with van der Waals surface area (Å²) in [6.07, 6.45) is 5.42. The van der Waals surface area contributed by atoms with Crippen LogP contribution in [0.5, 0.6) is 0 Å². The molecular formula is C16H25N3OS. The molecule has 2 rings (SSSR count). The van der Waals surface area contributed by atoms with Gasteiger partial charge in [-0.25, -0.2) is 4.98 Å². The maximum atomic E-state index is 5.09. The Morgan fingerprint density at radius 3 is 3.00 bits per heavy atom. The van der Waals surface area contributed by atoms with E-state index in [1.165, 1.54) is 4.88 Å². The lowest BCUT2D eigenvalue weighted by atomic mass is 10.1. The van der Waals surface area contributed by atoms with Crippen molar-refractivity contribution in [1.82, 2.24) is 9.55 Å². The van der Waals surface area contributed by atoms with Crippen molar-refractivity contribution < 1.29 is 4.74 Å². The largest absolute Gasteiger partial charge is 0.385 e. The van der Waals surface area contributed by atoms with E-state index in [2.05, 4.69) is 45.5 Å². The van der Waals surface area contributed by atoms with Gasteiger partial charge in [0, 0.05) is 31.3 Å². The molecule has 21 heavy (non-hydrogen) atoms. The molecule has 0 aromatic carbocycles. The molecule has 0 saturated carbocycles. The molecular weight excluding hydrogens is 282 g/mol. The first kappa shape index (κ1) is 16.0. The van der Waals surface area contributed by atoms with Crippen LogP contribution < -0.4 is 5.32 Å². The molecule has 0 radical (unpaired) electrons. The maximum absolute atomic E-state index is 5.09. The van der Waals surface area contributed by atoms with Crippen LogP contribution in [0.2, 0.25) is 0 Å². The van der Waals surface area contributed by atoms with Crippen molar-refractivity contribution in [2.75, 3.05) is 25.6 Å². The molecule has 0 bridgehead atoms. The second kappa shape index (κ2) is 8.20. The fourth-order valence-electron chi connectivity index (χ4n) is 2.47. The second-order valence-corrected chi connectivity index (χ2v) is 6.19. The van der Waals surface area contributed by atoms with Gasteiger partial charge in [-0.1, -0.05) is 19.4 Å². The third kappa shape index (κ3) is 4.32. The third-order valence-electron chi connectivity index (χ3n) is 3.43. The van der Waals surface area contributed by atoms with Gasteiger partial charge < -0.3 is 14.6 Å². The highest BCUT2D eigenvalue weighted by molar-refractivity contribution is 7.10. The summed E-state index contributed by atoms with van der Waals surface area (Å²) in [4.78, 5) is 6.03. The molecule has 2 aromatic rings. The first-order chi connectivity index (χ1) is 10.3. The molecule has 4 nitrogen and oxygen atoms in total. The fraction of sp³-hybridized carbons (Fsp3) is 0.562. The molecule has 5 heteroatoms. The average Bonchev–Trinajstić information content (AvgIpc) is 3.11. The van der Waals surface area contributed by atoms with Gasteiger partial charge in [0.2, 0.25) is 5.95 Å². The predicted octanol–water partition coefficient (Wildman–Crippen LogP) is 4.09. The number of rotatable bonds is 9. The first-order valence-corrected chi connectivity index (χ1v) is 8.46. The zero-order valence-electron chi connectivity index (χ0n) is 13.1. The Morgan fingerprint density at radius 1 is 1.48 bits per heavy atom. The van der Waals surface area contributed by atoms with E-state index in [9.17, 15) is 0 Å². The van der Waals surface area contributed by atoms with Crippen LogP contribution in [0.4, 0.5) is 5.95 Å². The number of methoxy groups -OCH3 is 1. The molecule has 116 valence electrons. The number of aryl methyl sites for hydroxylation is 1. The molecule has 0 fully saturated rings. The zero-order valence-corrected chi connectivity index (χ0v) is 13.9. The number of hydrogen-bond acceptors (Lipinski definition) is 4. The van der Waals surface area contributed by atoms with Gasteiger partial charge in [-0.2, -0.15) is 0 Å². The smallest absolute Gasteiger partial charge is 0.203 e. The van der Waals surface area contributed by atoms with Gasteiger partial charge in [0.15, 0.2) is 0 Å². The highest BCUT2D eigenvalue weighted by Crippen LogP contribution is 2.30. The Bertz CT molecular complexity index is 522. The van der Waals surface area contributed by atoms with Crippen LogP contribution in [0.15, 0.2) is 23.7 Å². The monoisotopic (exact) mass is 307 g/mol. The van der Waals surface area contributed by atoms with Gasteiger partial charge in [0.1, 0.15) is 0 Å². The average molecular weight is 307 g/mol. The van der Waals surface area contributed by atoms with Crippen molar-refractivity contribution in [2.45, 2.75) is 39.2 Å². The molecule has 0 amide bonds. The number of imidazole rings is 1. The zero-order chi connectivity index (χ0) is 15.1. The van der Waals surface area contributed by atoms with E-state index in [1.54, 1.807) is 7.11 Å². The molecule has 1 N–H and O–H groups in total. The normalized spacial score (nSPS) is 12.5. The lowest BCUT2D eigenvalue weighted by Gasteiger charge is -2.19. The van der Waals surface area contributed by atoms with Crippen LogP contribution in [-0.2, 0) is 4.74 Å². The van der Waals surface area contributed by atoms with E-state index in [1.807, 2.05) is 18.3 Å². The second-order valence-electron chi connectivity index (χ2n) is 5.21. The van der Waals surface area contributed by atoms with E-state index in [0.717, 1.165) is 44.1 Å². The highest BCUT2D eigenvalue weighted by atomic mass is 32.1. The van der Waals surface area contributed by atoms with E-state index in [0.29, 0.717) is 6.04 Å². The quantitative estimate of drug-likeness (QED) is 0.709. The number of ether oxygens (including phenoxy) is 1.